The van der Waals surface area contributed by atoms with Crippen LogP contribution in [0.1, 0.15) is 16.7 Å². The second-order valence-corrected chi connectivity index (χ2v) is 5.05. The predicted octanol–water partition coefficient (Wildman–Crippen LogP) is 4.01. The Morgan fingerprint density at radius 3 is 2.15 bits per heavy atom. The van der Waals surface area contributed by atoms with Crippen LogP contribution in [0, 0.1) is 31.6 Å². The Morgan fingerprint density at radius 2 is 1.69 bits per heavy atom. The van der Waals surface area contributed by atoms with Crippen molar-refractivity contribution < 1.29 is 23.0 Å². The van der Waals surface area contributed by atoms with E-state index in [4.69, 9.17) is 5.26 Å². The molecule has 0 radical (unpaired) electrons. The lowest BCUT2D eigenvalue weighted by atomic mass is 10.0. The quantitative estimate of drug-likeness (QED) is 0.630. The first kappa shape index (κ1) is 18.7. The predicted molar refractivity (Wildman–Crippen MR) is 83.2 cm³/mol. The molecular weight excluding hydrogens is 357 g/mol. The van der Waals surface area contributed by atoms with E-state index >= 15 is 0 Å². The molecule has 0 spiro atoms. The highest BCUT2D eigenvalue weighted by atomic mass is 19.4. The molecule has 0 heterocycles. The number of rotatable bonds is 5. The normalized spacial score (nSPS) is 10.8. The summed E-state index contributed by atoms with van der Waals surface area (Å²) >= 11 is 0. The molecule has 0 aliphatic rings. The van der Waals surface area contributed by atoms with Gasteiger partial charge >= 0.3 is 6.18 Å². The highest BCUT2D eigenvalue weighted by Gasteiger charge is 2.39. The van der Waals surface area contributed by atoms with Gasteiger partial charge in [-0.05, 0) is 24.3 Å². The Balaban J connectivity index is 2.48. The van der Waals surface area contributed by atoms with Gasteiger partial charge in [0.15, 0.2) is 0 Å². The molecule has 0 fully saturated rings. The first-order valence-corrected chi connectivity index (χ1v) is 6.90. The average molecular weight is 366 g/mol. The van der Waals surface area contributed by atoms with Crippen LogP contribution in [-0.2, 0) is 12.7 Å². The summed E-state index contributed by atoms with van der Waals surface area (Å²) in [6.07, 6.45) is -5.02. The van der Waals surface area contributed by atoms with E-state index in [0.29, 0.717) is 17.3 Å². The molecule has 0 aromatic heterocycles. The van der Waals surface area contributed by atoms with Crippen molar-refractivity contribution in [3.63, 3.8) is 0 Å². The van der Waals surface area contributed by atoms with E-state index in [1.54, 1.807) is 0 Å². The molecule has 0 saturated heterocycles. The number of nitro benzene ring substituents is 2. The molecule has 0 aliphatic heterocycles. The molecule has 2 aromatic carbocycles. The van der Waals surface area contributed by atoms with E-state index in [2.05, 4.69) is 5.32 Å². The summed E-state index contributed by atoms with van der Waals surface area (Å²) in [4.78, 5) is 19.7. The molecule has 0 aliphatic carbocycles. The molecule has 134 valence electrons. The summed E-state index contributed by atoms with van der Waals surface area (Å²) < 4.78 is 39.8. The standard InChI is InChI=1S/C15H9F3N4O4/c16-15(17,18)13-5-11(21(23)24)6-14(22(25)26)12(13)8-20-10-3-1-9(7-19)2-4-10/h1-6,20H,8H2. The molecule has 0 saturated carbocycles. The maximum Gasteiger partial charge on any atom is 0.417 e. The first-order chi connectivity index (χ1) is 12.1. The van der Waals surface area contributed by atoms with Crippen LogP contribution in [0.5, 0.6) is 0 Å². The van der Waals surface area contributed by atoms with E-state index in [0.717, 1.165) is 0 Å². The van der Waals surface area contributed by atoms with Gasteiger partial charge in [-0.15, -0.1) is 0 Å². The minimum absolute atomic E-state index is 0.267. The summed E-state index contributed by atoms with van der Waals surface area (Å²) in [7, 11) is 0. The van der Waals surface area contributed by atoms with Crippen LogP contribution in [0.15, 0.2) is 36.4 Å². The zero-order valence-electron chi connectivity index (χ0n) is 12.8. The number of nitrogens with one attached hydrogen (secondary N) is 1. The van der Waals surface area contributed by atoms with Crippen molar-refractivity contribution in [3.05, 3.63) is 73.3 Å². The largest absolute Gasteiger partial charge is 0.417 e. The van der Waals surface area contributed by atoms with E-state index in [1.807, 2.05) is 6.07 Å². The number of nitriles is 1. The number of alkyl halides is 3. The van der Waals surface area contributed by atoms with E-state index in [-0.39, 0.29) is 6.07 Å². The third-order valence-corrected chi connectivity index (χ3v) is 3.41. The highest BCUT2D eigenvalue weighted by molar-refractivity contribution is 5.57. The van der Waals surface area contributed by atoms with Gasteiger partial charge in [0.05, 0.1) is 38.7 Å². The number of hydrogen-bond donors (Lipinski definition) is 1. The van der Waals surface area contributed by atoms with E-state index in [9.17, 15) is 33.4 Å². The fraction of sp³-hybridized carbons (Fsp3) is 0.133. The van der Waals surface area contributed by atoms with Crippen molar-refractivity contribution in [2.45, 2.75) is 12.7 Å². The number of benzene rings is 2. The van der Waals surface area contributed by atoms with Crippen molar-refractivity contribution in [3.8, 4) is 6.07 Å². The zero-order chi connectivity index (χ0) is 19.5. The third kappa shape index (κ3) is 4.04. The van der Waals surface area contributed by atoms with Gasteiger partial charge in [0.2, 0.25) is 0 Å². The summed E-state index contributed by atoms with van der Waals surface area (Å²) in [6.45, 7) is -0.588. The van der Waals surface area contributed by atoms with Gasteiger partial charge < -0.3 is 5.32 Å². The van der Waals surface area contributed by atoms with Crippen LogP contribution >= 0.6 is 0 Å². The third-order valence-electron chi connectivity index (χ3n) is 3.41. The lowest BCUT2D eigenvalue weighted by Crippen LogP contribution is -2.15. The molecule has 0 unspecified atom stereocenters. The SMILES string of the molecule is N#Cc1ccc(NCc2c([N+](=O)[O-])cc([N+](=O)[O-])cc2C(F)(F)F)cc1. The number of anilines is 1. The molecule has 8 nitrogen and oxygen atoms in total. The second kappa shape index (κ2) is 7.06. The van der Waals surface area contributed by atoms with Crippen molar-refractivity contribution >= 4 is 17.1 Å². The van der Waals surface area contributed by atoms with Gasteiger partial charge in [-0.2, -0.15) is 18.4 Å². The van der Waals surface area contributed by atoms with Crippen LogP contribution < -0.4 is 5.32 Å². The van der Waals surface area contributed by atoms with E-state index < -0.39 is 45.1 Å². The van der Waals surface area contributed by atoms with Crippen molar-refractivity contribution in [2.24, 2.45) is 0 Å². The van der Waals surface area contributed by atoms with Crippen molar-refractivity contribution in [2.75, 3.05) is 5.32 Å². The maximum atomic E-state index is 13.3. The lowest BCUT2D eigenvalue weighted by molar-refractivity contribution is -0.395. The Labute approximate surface area is 143 Å². The van der Waals surface area contributed by atoms with Gasteiger partial charge in [-0.25, -0.2) is 0 Å². The molecule has 2 aromatic rings. The summed E-state index contributed by atoms with van der Waals surface area (Å²) in [5, 5.41) is 33.2. The van der Waals surface area contributed by atoms with Crippen molar-refractivity contribution in [1.82, 2.24) is 0 Å². The molecule has 11 heteroatoms. The van der Waals surface area contributed by atoms with Gasteiger partial charge in [0.25, 0.3) is 11.4 Å². The van der Waals surface area contributed by atoms with Crippen LogP contribution in [0.2, 0.25) is 0 Å². The number of halogens is 3. The Morgan fingerprint density at radius 1 is 1.08 bits per heavy atom. The zero-order valence-corrected chi connectivity index (χ0v) is 12.8. The van der Waals surface area contributed by atoms with Crippen LogP contribution in [0.4, 0.5) is 30.2 Å². The van der Waals surface area contributed by atoms with Gasteiger partial charge in [-0.1, -0.05) is 0 Å². The molecule has 26 heavy (non-hydrogen) atoms. The molecule has 0 bridgehead atoms. The number of hydrogen-bond acceptors (Lipinski definition) is 6. The fourth-order valence-electron chi connectivity index (χ4n) is 2.20. The van der Waals surface area contributed by atoms with Crippen LogP contribution in [-0.4, -0.2) is 9.85 Å². The Kier molecular flexibility index (Phi) is 5.06. The van der Waals surface area contributed by atoms with Gasteiger partial charge in [0, 0.05) is 18.3 Å². The first-order valence-electron chi connectivity index (χ1n) is 6.90. The second-order valence-electron chi connectivity index (χ2n) is 5.05. The Bertz CT molecular complexity index is 905. The van der Waals surface area contributed by atoms with Gasteiger partial charge in [-0.3, -0.25) is 20.2 Å². The Hall–Kier alpha value is -3.68. The number of nitrogens with zero attached hydrogens (tertiary/aromatic N) is 3. The van der Waals surface area contributed by atoms with E-state index in [1.165, 1.54) is 24.3 Å². The monoisotopic (exact) mass is 366 g/mol. The average Bonchev–Trinajstić information content (AvgIpc) is 2.58. The molecule has 0 atom stereocenters. The van der Waals surface area contributed by atoms with Gasteiger partial charge in [0.1, 0.15) is 0 Å². The topological polar surface area (TPSA) is 122 Å². The maximum absolute atomic E-state index is 13.3. The van der Waals surface area contributed by atoms with Crippen LogP contribution in [0.3, 0.4) is 0 Å². The molecule has 2 rings (SSSR count). The summed E-state index contributed by atoms with van der Waals surface area (Å²) in [6, 6.07) is 8.29. The summed E-state index contributed by atoms with van der Waals surface area (Å²) in [5.74, 6) is 0. The van der Waals surface area contributed by atoms with Crippen molar-refractivity contribution in [1.29, 1.82) is 5.26 Å². The molecule has 1 N–H and O–H groups in total. The smallest absolute Gasteiger partial charge is 0.381 e. The summed E-state index contributed by atoms with van der Waals surface area (Å²) in [5.41, 5.74) is -3.56. The minimum Gasteiger partial charge on any atom is -0.381 e. The molecular formula is C15H9F3N4O4. The minimum atomic E-state index is -5.02. The van der Waals surface area contributed by atoms with Crippen LogP contribution in [0.25, 0.3) is 0 Å². The fourth-order valence-corrected chi connectivity index (χ4v) is 2.20. The highest BCUT2D eigenvalue weighted by Crippen LogP contribution is 2.39. The lowest BCUT2D eigenvalue weighted by Gasteiger charge is -2.14. The number of nitro groups is 2. The molecule has 0 amide bonds. The number of non-ortho nitro benzene ring substituents is 1.